The van der Waals surface area contributed by atoms with Crippen LogP contribution < -0.4 is 14.8 Å². The van der Waals surface area contributed by atoms with Crippen molar-refractivity contribution < 1.29 is 31.1 Å². The molecule has 3 rings (SSSR count). The molecule has 0 unspecified atom stereocenters. The summed E-state index contributed by atoms with van der Waals surface area (Å²) in [5, 5.41) is 2.58. The number of nitrogens with zero attached hydrogens (tertiary/aromatic N) is 1. The van der Waals surface area contributed by atoms with Gasteiger partial charge >= 0.3 is 6.18 Å². The molecule has 3 aromatic rings. The Balaban J connectivity index is 1.86. The summed E-state index contributed by atoms with van der Waals surface area (Å²) in [7, 11) is -3.04. The number of aromatic nitrogens is 1. The lowest BCUT2D eigenvalue weighted by atomic mass is 10.2. The van der Waals surface area contributed by atoms with Crippen LogP contribution in [-0.2, 0) is 16.2 Å². The number of benzene rings is 2. The maximum Gasteiger partial charge on any atom is 0.416 e. The van der Waals surface area contributed by atoms with Crippen molar-refractivity contribution in [3.8, 4) is 5.75 Å². The standard InChI is InChI=1S/C18H14F3N3O4S2/c1-28-14-10-12(23-17(25)15-7-8-22-29-15)5-6-16(14)30(26,27)24-13-4-2-3-11(9-13)18(19,20)21/h2-10,24H,1H3,(H,23,25). The summed E-state index contributed by atoms with van der Waals surface area (Å²) in [4.78, 5) is 12.2. The second-order valence-electron chi connectivity index (χ2n) is 5.88. The van der Waals surface area contributed by atoms with Gasteiger partial charge in [0.05, 0.1) is 12.7 Å². The molecule has 2 aromatic carbocycles. The van der Waals surface area contributed by atoms with Gasteiger partial charge in [0.25, 0.3) is 15.9 Å². The highest BCUT2D eigenvalue weighted by atomic mass is 32.2. The van der Waals surface area contributed by atoms with Crippen molar-refractivity contribution in [3.05, 3.63) is 65.2 Å². The van der Waals surface area contributed by atoms with E-state index in [0.717, 1.165) is 23.7 Å². The number of amides is 1. The highest BCUT2D eigenvalue weighted by Gasteiger charge is 2.31. The number of rotatable bonds is 6. The summed E-state index contributed by atoms with van der Waals surface area (Å²) in [6, 6.07) is 9.14. The molecule has 0 aliphatic heterocycles. The van der Waals surface area contributed by atoms with Gasteiger partial charge in [-0.1, -0.05) is 6.07 Å². The molecule has 158 valence electrons. The topological polar surface area (TPSA) is 97.4 Å². The number of carbonyl (C=O) groups is 1. The van der Waals surface area contributed by atoms with Crippen LogP contribution >= 0.6 is 11.5 Å². The average molecular weight is 457 g/mol. The van der Waals surface area contributed by atoms with Gasteiger partial charge in [0, 0.05) is 23.6 Å². The van der Waals surface area contributed by atoms with E-state index in [1.54, 1.807) is 0 Å². The Hall–Kier alpha value is -3.12. The molecule has 0 radical (unpaired) electrons. The van der Waals surface area contributed by atoms with Gasteiger partial charge < -0.3 is 10.1 Å². The highest BCUT2D eigenvalue weighted by molar-refractivity contribution is 7.92. The monoisotopic (exact) mass is 457 g/mol. The van der Waals surface area contributed by atoms with Gasteiger partial charge in [0.15, 0.2) is 0 Å². The van der Waals surface area contributed by atoms with Gasteiger partial charge in [-0.25, -0.2) is 12.8 Å². The third-order valence-electron chi connectivity index (χ3n) is 3.81. The number of anilines is 2. The van der Waals surface area contributed by atoms with E-state index in [2.05, 4.69) is 14.4 Å². The van der Waals surface area contributed by atoms with Crippen molar-refractivity contribution in [2.75, 3.05) is 17.1 Å². The minimum Gasteiger partial charge on any atom is -0.495 e. The first-order valence-electron chi connectivity index (χ1n) is 8.20. The lowest BCUT2D eigenvalue weighted by molar-refractivity contribution is -0.137. The van der Waals surface area contributed by atoms with Crippen LogP contribution in [0.15, 0.2) is 59.6 Å². The molecule has 30 heavy (non-hydrogen) atoms. The number of halogens is 3. The molecule has 0 saturated carbocycles. The van der Waals surface area contributed by atoms with Crippen LogP contribution in [0.3, 0.4) is 0 Å². The second kappa shape index (κ2) is 8.32. The maximum atomic E-state index is 12.9. The summed E-state index contributed by atoms with van der Waals surface area (Å²) in [6.45, 7) is 0. The zero-order chi connectivity index (χ0) is 21.9. The third-order valence-corrected chi connectivity index (χ3v) is 5.98. The van der Waals surface area contributed by atoms with Crippen LogP contribution in [0.1, 0.15) is 15.2 Å². The van der Waals surface area contributed by atoms with Crippen molar-refractivity contribution >= 4 is 38.8 Å². The molecule has 0 aliphatic rings. The Morgan fingerprint density at radius 1 is 1.10 bits per heavy atom. The van der Waals surface area contributed by atoms with Crippen LogP contribution in [0.4, 0.5) is 24.5 Å². The number of hydrogen-bond donors (Lipinski definition) is 2. The highest BCUT2D eigenvalue weighted by Crippen LogP contribution is 2.33. The van der Waals surface area contributed by atoms with Crippen molar-refractivity contribution in [2.45, 2.75) is 11.1 Å². The van der Waals surface area contributed by atoms with Gasteiger partial charge in [0.2, 0.25) is 0 Å². The van der Waals surface area contributed by atoms with E-state index in [-0.39, 0.29) is 22.0 Å². The summed E-state index contributed by atoms with van der Waals surface area (Å²) in [5.41, 5.74) is -0.978. The quantitative estimate of drug-likeness (QED) is 0.578. The van der Waals surface area contributed by atoms with Crippen LogP contribution in [0, 0.1) is 0 Å². The van der Waals surface area contributed by atoms with Crippen LogP contribution in [0.2, 0.25) is 0 Å². The van der Waals surface area contributed by atoms with Gasteiger partial charge in [-0.05, 0) is 47.9 Å². The number of methoxy groups -OCH3 is 1. The van der Waals surface area contributed by atoms with E-state index in [1.165, 1.54) is 43.6 Å². The Labute approximate surface area is 173 Å². The molecule has 0 saturated heterocycles. The maximum absolute atomic E-state index is 12.9. The zero-order valence-electron chi connectivity index (χ0n) is 15.2. The van der Waals surface area contributed by atoms with E-state index in [1.807, 2.05) is 0 Å². The summed E-state index contributed by atoms with van der Waals surface area (Å²) in [6.07, 6.45) is -3.15. The van der Waals surface area contributed by atoms with E-state index >= 15 is 0 Å². The number of carbonyl (C=O) groups excluding carboxylic acids is 1. The molecular formula is C18H14F3N3O4S2. The minimum atomic E-state index is -4.61. The number of hydrogen-bond acceptors (Lipinski definition) is 6. The van der Waals surface area contributed by atoms with E-state index in [9.17, 15) is 26.4 Å². The summed E-state index contributed by atoms with van der Waals surface area (Å²) in [5.74, 6) is -0.533. The van der Waals surface area contributed by atoms with Crippen LogP contribution in [0.25, 0.3) is 0 Å². The molecule has 0 atom stereocenters. The van der Waals surface area contributed by atoms with Gasteiger partial charge in [0.1, 0.15) is 15.5 Å². The number of alkyl halides is 3. The van der Waals surface area contributed by atoms with E-state index in [4.69, 9.17) is 4.74 Å². The fourth-order valence-electron chi connectivity index (χ4n) is 2.46. The van der Waals surface area contributed by atoms with Crippen LogP contribution in [-0.4, -0.2) is 25.8 Å². The number of ether oxygens (including phenoxy) is 1. The first-order chi connectivity index (χ1) is 14.1. The molecule has 0 bridgehead atoms. The number of nitrogens with one attached hydrogen (secondary N) is 2. The average Bonchev–Trinajstić information content (AvgIpc) is 3.22. The lowest BCUT2D eigenvalue weighted by Crippen LogP contribution is -2.16. The lowest BCUT2D eigenvalue weighted by Gasteiger charge is -2.14. The van der Waals surface area contributed by atoms with E-state index in [0.29, 0.717) is 10.9 Å². The fraction of sp³-hybridized carbons (Fsp3) is 0.111. The molecule has 1 heterocycles. The smallest absolute Gasteiger partial charge is 0.416 e. The molecule has 1 aromatic heterocycles. The Morgan fingerprint density at radius 3 is 2.50 bits per heavy atom. The first-order valence-corrected chi connectivity index (χ1v) is 10.5. The second-order valence-corrected chi connectivity index (χ2v) is 8.36. The first kappa shape index (κ1) is 21.6. The van der Waals surface area contributed by atoms with Crippen LogP contribution in [0.5, 0.6) is 5.75 Å². The predicted molar refractivity (Wildman–Crippen MR) is 105 cm³/mol. The van der Waals surface area contributed by atoms with Gasteiger partial charge in [-0.15, -0.1) is 0 Å². The summed E-state index contributed by atoms with van der Waals surface area (Å²) >= 11 is 0.992. The van der Waals surface area contributed by atoms with E-state index < -0.39 is 27.7 Å². The largest absolute Gasteiger partial charge is 0.495 e. The molecule has 0 spiro atoms. The van der Waals surface area contributed by atoms with Crippen molar-refractivity contribution in [3.63, 3.8) is 0 Å². The Kier molecular flexibility index (Phi) is 5.99. The van der Waals surface area contributed by atoms with Crippen molar-refractivity contribution in [1.82, 2.24) is 4.37 Å². The summed E-state index contributed by atoms with van der Waals surface area (Å²) < 4.78 is 75.0. The fourth-order valence-corrected chi connectivity index (χ4v) is 4.15. The van der Waals surface area contributed by atoms with Gasteiger partial charge in [-0.3, -0.25) is 9.52 Å². The molecule has 1 amide bonds. The molecule has 0 aliphatic carbocycles. The Morgan fingerprint density at radius 2 is 1.87 bits per heavy atom. The molecule has 7 nitrogen and oxygen atoms in total. The normalized spacial score (nSPS) is 11.7. The SMILES string of the molecule is COc1cc(NC(=O)c2ccns2)ccc1S(=O)(=O)Nc1cccc(C(F)(F)F)c1. The van der Waals surface area contributed by atoms with Gasteiger partial charge in [-0.2, -0.15) is 13.2 Å². The minimum absolute atomic E-state index is 0.100. The third kappa shape index (κ3) is 4.89. The van der Waals surface area contributed by atoms with Crippen molar-refractivity contribution in [1.29, 1.82) is 0 Å². The molecule has 2 N–H and O–H groups in total. The Bertz CT molecular complexity index is 1160. The van der Waals surface area contributed by atoms with Crippen molar-refractivity contribution in [2.24, 2.45) is 0 Å². The zero-order valence-corrected chi connectivity index (χ0v) is 16.9. The number of sulfonamides is 1. The molecular weight excluding hydrogens is 443 g/mol. The molecule has 0 fully saturated rings. The molecule has 12 heteroatoms. The predicted octanol–water partition coefficient (Wildman–Crippen LogP) is 4.22.